The Morgan fingerprint density at radius 1 is 1.57 bits per heavy atom. The van der Waals surface area contributed by atoms with Crippen LogP contribution in [0.3, 0.4) is 0 Å². The van der Waals surface area contributed by atoms with Crippen molar-refractivity contribution in [1.29, 1.82) is 5.26 Å². The van der Waals surface area contributed by atoms with E-state index in [1.165, 1.54) is 12.1 Å². The zero-order chi connectivity index (χ0) is 15.4. The van der Waals surface area contributed by atoms with Crippen LogP contribution in [0.2, 0.25) is 0 Å². The second-order valence-corrected chi connectivity index (χ2v) is 5.22. The smallest absolute Gasteiger partial charge is 0.270 e. The monoisotopic (exact) mass is 288 g/mol. The normalized spacial score (nSPS) is 21.3. The van der Waals surface area contributed by atoms with Crippen LogP contribution in [0, 0.1) is 27.4 Å². The molecule has 0 aromatic heterocycles. The van der Waals surface area contributed by atoms with E-state index in [1.54, 1.807) is 0 Å². The Hall–Kier alpha value is -2.46. The van der Waals surface area contributed by atoms with Crippen molar-refractivity contribution in [2.24, 2.45) is 5.92 Å². The molecule has 0 bridgehead atoms. The molecule has 1 saturated heterocycles. The molecule has 0 radical (unpaired) electrons. The number of nitrogens with one attached hydrogen (secondary N) is 2. The third kappa shape index (κ3) is 3.55. The van der Waals surface area contributed by atoms with Crippen molar-refractivity contribution < 1.29 is 9.72 Å². The minimum atomic E-state index is -0.573. The summed E-state index contributed by atoms with van der Waals surface area (Å²) in [6.07, 6.45) is 1.77. The van der Waals surface area contributed by atoms with Gasteiger partial charge in [-0.1, -0.05) is 6.92 Å². The van der Waals surface area contributed by atoms with E-state index in [0.717, 1.165) is 25.5 Å². The van der Waals surface area contributed by atoms with Gasteiger partial charge < -0.3 is 10.6 Å². The van der Waals surface area contributed by atoms with Crippen LogP contribution in [0.15, 0.2) is 18.2 Å². The molecule has 7 heteroatoms. The highest BCUT2D eigenvalue weighted by molar-refractivity contribution is 5.96. The van der Waals surface area contributed by atoms with Crippen molar-refractivity contribution in [2.75, 3.05) is 11.9 Å². The molecule has 110 valence electrons. The fraction of sp³-hybridized carbons (Fsp3) is 0.429. The molecule has 1 fully saturated rings. The molecule has 1 amide bonds. The topological polar surface area (TPSA) is 108 Å². The van der Waals surface area contributed by atoms with Gasteiger partial charge in [0.1, 0.15) is 6.07 Å². The van der Waals surface area contributed by atoms with Crippen molar-refractivity contribution in [2.45, 2.75) is 25.8 Å². The number of nitro groups is 1. The number of anilines is 1. The predicted octanol–water partition coefficient (Wildman–Crippen LogP) is 1.79. The van der Waals surface area contributed by atoms with Crippen LogP contribution in [0.1, 0.15) is 25.3 Å². The van der Waals surface area contributed by atoms with Gasteiger partial charge in [-0.3, -0.25) is 14.9 Å². The number of hydrogen-bond acceptors (Lipinski definition) is 5. The minimum absolute atomic E-state index is 0.0846. The fourth-order valence-electron chi connectivity index (χ4n) is 2.37. The summed E-state index contributed by atoms with van der Waals surface area (Å²) < 4.78 is 0. The molecule has 2 N–H and O–H groups in total. The molecule has 0 saturated carbocycles. The molecule has 1 aromatic rings. The first-order valence-corrected chi connectivity index (χ1v) is 6.74. The van der Waals surface area contributed by atoms with Gasteiger partial charge in [0.25, 0.3) is 5.69 Å². The summed E-state index contributed by atoms with van der Waals surface area (Å²) in [5, 5.41) is 25.5. The van der Waals surface area contributed by atoms with Gasteiger partial charge in [0.2, 0.25) is 5.91 Å². The Morgan fingerprint density at radius 2 is 2.33 bits per heavy atom. The van der Waals surface area contributed by atoms with Gasteiger partial charge in [-0.05, 0) is 31.4 Å². The number of non-ortho nitro benzene ring substituents is 1. The number of piperidine rings is 1. The summed E-state index contributed by atoms with van der Waals surface area (Å²) in [5.74, 6) is 0.251. The standard InChI is InChI=1S/C14H16N4O3/c1-9-4-5-16-13(6-9)14(19)17-12-3-2-11(18(20)21)7-10(12)8-15/h2-3,7,9,13,16H,4-6H2,1H3,(H,17,19). The van der Waals surface area contributed by atoms with E-state index >= 15 is 0 Å². The van der Waals surface area contributed by atoms with Crippen LogP contribution in [0.25, 0.3) is 0 Å². The Labute approximate surface area is 122 Å². The summed E-state index contributed by atoms with van der Waals surface area (Å²) in [7, 11) is 0. The first kappa shape index (κ1) is 14.9. The number of amides is 1. The Kier molecular flexibility index (Phi) is 4.50. The van der Waals surface area contributed by atoms with Gasteiger partial charge in [-0.2, -0.15) is 5.26 Å². The molecule has 7 nitrogen and oxygen atoms in total. The molecule has 21 heavy (non-hydrogen) atoms. The molecule has 1 aromatic carbocycles. The second-order valence-electron chi connectivity index (χ2n) is 5.22. The highest BCUT2D eigenvalue weighted by Gasteiger charge is 2.25. The van der Waals surface area contributed by atoms with Crippen LogP contribution in [0.5, 0.6) is 0 Å². The molecule has 2 unspecified atom stereocenters. The zero-order valence-corrected chi connectivity index (χ0v) is 11.6. The van der Waals surface area contributed by atoms with Crippen molar-refractivity contribution in [1.82, 2.24) is 5.32 Å². The van der Waals surface area contributed by atoms with E-state index in [0.29, 0.717) is 11.6 Å². The highest BCUT2D eigenvalue weighted by Crippen LogP contribution is 2.22. The number of nitriles is 1. The molecule has 1 heterocycles. The van der Waals surface area contributed by atoms with Gasteiger partial charge >= 0.3 is 0 Å². The van der Waals surface area contributed by atoms with Gasteiger partial charge in [-0.25, -0.2) is 0 Å². The summed E-state index contributed by atoms with van der Waals surface area (Å²) in [6, 6.07) is 5.39. The van der Waals surface area contributed by atoms with E-state index in [2.05, 4.69) is 17.6 Å². The average Bonchev–Trinajstić information content (AvgIpc) is 2.47. The molecule has 1 aliphatic rings. The number of hydrogen-bond donors (Lipinski definition) is 2. The first-order chi connectivity index (χ1) is 10.0. The average molecular weight is 288 g/mol. The summed E-state index contributed by atoms with van der Waals surface area (Å²) in [6.45, 7) is 2.87. The number of nitrogens with zero attached hydrogens (tertiary/aromatic N) is 2. The van der Waals surface area contributed by atoms with Crippen LogP contribution in [-0.2, 0) is 4.79 Å². The highest BCUT2D eigenvalue weighted by atomic mass is 16.6. The van der Waals surface area contributed by atoms with E-state index in [9.17, 15) is 14.9 Å². The molecule has 0 spiro atoms. The summed E-state index contributed by atoms with van der Waals surface area (Å²) in [5.41, 5.74) is 0.212. The van der Waals surface area contributed by atoms with Gasteiger partial charge in [0.05, 0.1) is 22.2 Å². The van der Waals surface area contributed by atoms with Crippen molar-refractivity contribution in [3.8, 4) is 6.07 Å². The SMILES string of the molecule is CC1CCNC(C(=O)Nc2ccc([N+](=O)[O-])cc2C#N)C1. The maximum atomic E-state index is 12.2. The van der Waals surface area contributed by atoms with Crippen LogP contribution < -0.4 is 10.6 Å². The lowest BCUT2D eigenvalue weighted by Gasteiger charge is -2.27. The number of rotatable bonds is 3. The van der Waals surface area contributed by atoms with Crippen molar-refractivity contribution >= 4 is 17.3 Å². The number of carbonyl (C=O) groups excluding carboxylic acids is 1. The Balaban J connectivity index is 2.14. The second kappa shape index (κ2) is 6.33. The lowest BCUT2D eigenvalue weighted by molar-refractivity contribution is -0.384. The fourth-order valence-corrected chi connectivity index (χ4v) is 2.37. The maximum Gasteiger partial charge on any atom is 0.270 e. The van der Waals surface area contributed by atoms with Crippen molar-refractivity contribution in [3.05, 3.63) is 33.9 Å². The molecule has 1 aliphatic heterocycles. The lowest BCUT2D eigenvalue weighted by Crippen LogP contribution is -2.45. The molecular formula is C14H16N4O3. The molecule has 0 aliphatic carbocycles. The summed E-state index contributed by atoms with van der Waals surface area (Å²) in [4.78, 5) is 22.3. The van der Waals surface area contributed by atoms with E-state index < -0.39 is 4.92 Å². The third-order valence-electron chi connectivity index (χ3n) is 3.57. The third-order valence-corrected chi connectivity index (χ3v) is 3.57. The Bertz CT molecular complexity index is 609. The van der Waals surface area contributed by atoms with Crippen LogP contribution in [-0.4, -0.2) is 23.4 Å². The predicted molar refractivity (Wildman–Crippen MR) is 76.6 cm³/mol. The van der Waals surface area contributed by atoms with Crippen LogP contribution >= 0.6 is 0 Å². The van der Waals surface area contributed by atoms with Gasteiger partial charge in [0.15, 0.2) is 0 Å². The number of nitro benzene ring substituents is 1. The number of benzene rings is 1. The molecular weight excluding hydrogens is 272 g/mol. The Morgan fingerprint density at radius 3 is 2.95 bits per heavy atom. The van der Waals surface area contributed by atoms with Crippen molar-refractivity contribution in [3.63, 3.8) is 0 Å². The van der Waals surface area contributed by atoms with Gasteiger partial charge in [-0.15, -0.1) is 0 Å². The van der Waals surface area contributed by atoms with Gasteiger partial charge in [0, 0.05) is 12.1 Å². The van der Waals surface area contributed by atoms with Crippen LogP contribution in [0.4, 0.5) is 11.4 Å². The largest absolute Gasteiger partial charge is 0.324 e. The van der Waals surface area contributed by atoms with E-state index in [-0.39, 0.29) is 23.2 Å². The quantitative estimate of drug-likeness (QED) is 0.651. The van der Waals surface area contributed by atoms with E-state index in [4.69, 9.17) is 5.26 Å². The maximum absolute atomic E-state index is 12.2. The van der Waals surface area contributed by atoms with E-state index in [1.807, 2.05) is 6.07 Å². The minimum Gasteiger partial charge on any atom is -0.324 e. The number of carbonyl (C=O) groups is 1. The first-order valence-electron chi connectivity index (χ1n) is 6.74. The zero-order valence-electron chi connectivity index (χ0n) is 11.6. The molecule has 2 rings (SSSR count). The lowest BCUT2D eigenvalue weighted by atomic mass is 9.94. The summed E-state index contributed by atoms with van der Waals surface area (Å²) >= 11 is 0. The molecule has 2 atom stereocenters.